The zero-order valence-corrected chi connectivity index (χ0v) is 11.8. The number of hydrogen-bond acceptors (Lipinski definition) is 3. The average Bonchev–Trinajstić information content (AvgIpc) is 2.46. The molecule has 2 atom stereocenters. The van der Waals surface area contributed by atoms with Crippen molar-refractivity contribution in [1.29, 1.82) is 0 Å². The average molecular weight is 268 g/mol. The normalized spacial score (nSPS) is 35.9. The Morgan fingerprint density at radius 2 is 1.79 bits per heavy atom. The molecule has 0 spiro atoms. The van der Waals surface area contributed by atoms with E-state index < -0.39 is 0 Å². The lowest BCUT2D eigenvalue weighted by molar-refractivity contribution is -0.127. The van der Waals surface area contributed by atoms with E-state index in [2.05, 4.69) is 5.32 Å². The monoisotopic (exact) mass is 268 g/mol. The van der Waals surface area contributed by atoms with Crippen molar-refractivity contribution in [2.45, 2.75) is 57.5 Å². The molecule has 2 rings (SSSR count). The molecule has 0 heterocycles. The Morgan fingerprint density at radius 1 is 1.11 bits per heavy atom. The SMILES string of the molecule is NCC1CCCCC1C(=O)NCC1CCC(O)CC1. The Kier molecular flexibility index (Phi) is 5.64. The molecule has 0 radical (unpaired) electrons. The lowest BCUT2D eigenvalue weighted by atomic mass is 9.78. The maximum absolute atomic E-state index is 12.3. The molecule has 0 bridgehead atoms. The van der Waals surface area contributed by atoms with Crippen LogP contribution in [0.2, 0.25) is 0 Å². The van der Waals surface area contributed by atoms with Crippen molar-refractivity contribution in [1.82, 2.24) is 5.32 Å². The molecule has 2 aliphatic carbocycles. The summed E-state index contributed by atoms with van der Waals surface area (Å²) < 4.78 is 0. The van der Waals surface area contributed by atoms with Crippen LogP contribution in [0.4, 0.5) is 0 Å². The fourth-order valence-electron chi connectivity index (χ4n) is 3.56. The summed E-state index contributed by atoms with van der Waals surface area (Å²) in [5.41, 5.74) is 5.78. The summed E-state index contributed by atoms with van der Waals surface area (Å²) in [6.45, 7) is 1.41. The molecule has 0 aromatic rings. The first-order valence-electron chi connectivity index (χ1n) is 7.86. The first kappa shape index (κ1) is 14.8. The van der Waals surface area contributed by atoms with Crippen LogP contribution in [0.25, 0.3) is 0 Å². The van der Waals surface area contributed by atoms with Crippen molar-refractivity contribution < 1.29 is 9.90 Å². The molecule has 1 amide bonds. The van der Waals surface area contributed by atoms with Gasteiger partial charge in [0, 0.05) is 12.5 Å². The van der Waals surface area contributed by atoms with E-state index in [1.807, 2.05) is 0 Å². The molecule has 0 aromatic heterocycles. The summed E-state index contributed by atoms with van der Waals surface area (Å²) in [6, 6.07) is 0. The molecular formula is C15H28N2O2. The van der Waals surface area contributed by atoms with Gasteiger partial charge in [0.2, 0.25) is 5.91 Å². The van der Waals surface area contributed by atoms with E-state index in [0.717, 1.165) is 51.5 Å². The number of carbonyl (C=O) groups is 1. The molecular weight excluding hydrogens is 240 g/mol. The van der Waals surface area contributed by atoms with Crippen molar-refractivity contribution in [2.24, 2.45) is 23.5 Å². The molecule has 4 N–H and O–H groups in total. The second-order valence-corrected chi connectivity index (χ2v) is 6.31. The van der Waals surface area contributed by atoms with E-state index in [1.54, 1.807) is 0 Å². The summed E-state index contributed by atoms with van der Waals surface area (Å²) in [4.78, 5) is 12.3. The summed E-state index contributed by atoms with van der Waals surface area (Å²) in [5, 5.41) is 12.6. The van der Waals surface area contributed by atoms with Gasteiger partial charge in [0.05, 0.1) is 6.10 Å². The summed E-state index contributed by atoms with van der Waals surface area (Å²) >= 11 is 0. The van der Waals surface area contributed by atoms with Crippen LogP contribution in [0.1, 0.15) is 51.4 Å². The number of hydrogen-bond donors (Lipinski definition) is 3. The van der Waals surface area contributed by atoms with Gasteiger partial charge in [-0.15, -0.1) is 0 Å². The number of nitrogens with one attached hydrogen (secondary N) is 1. The summed E-state index contributed by atoms with van der Waals surface area (Å²) in [5.74, 6) is 1.27. The number of aliphatic hydroxyl groups is 1. The van der Waals surface area contributed by atoms with Crippen LogP contribution in [-0.2, 0) is 4.79 Å². The fraction of sp³-hybridized carbons (Fsp3) is 0.933. The molecule has 110 valence electrons. The zero-order valence-electron chi connectivity index (χ0n) is 11.8. The zero-order chi connectivity index (χ0) is 13.7. The topological polar surface area (TPSA) is 75.4 Å². The first-order chi connectivity index (χ1) is 9.20. The quantitative estimate of drug-likeness (QED) is 0.722. The number of aliphatic hydroxyl groups excluding tert-OH is 1. The maximum Gasteiger partial charge on any atom is 0.223 e. The Balaban J connectivity index is 1.74. The number of rotatable bonds is 4. The van der Waals surface area contributed by atoms with Crippen LogP contribution >= 0.6 is 0 Å². The van der Waals surface area contributed by atoms with Crippen LogP contribution in [0.15, 0.2) is 0 Å². The van der Waals surface area contributed by atoms with Crippen molar-refractivity contribution in [3.05, 3.63) is 0 Å². The fourth-order valence-corrected chi connectivity index (χ4v) is 3.56. The van der Waals surface area contributed by atoms with Crippen LogP contribution < -0.4 is 11.1 Å². The van der Waals surface area contributed by atoms with Crippen molar-refractivity contribution >= 4 is 5.91 Å². The summed E-state index contributed by atoms with van der Waals surface area (Å²) in [7, 11) is 0. The molecule has 2 fully saturated rings. The third-order valence-corrected chi connectivity index (χ3v) is 4.93. The minimum absolute atomic E-state index is 0.119. The van der Waals surface area contributed by atoms with E-state index in [-0.39, 0.29) is 17.9 Å². The minimum Gasteiger partial charge on any atom is -0.393 e. The second-order valence-electron chi connectivity index (χ2n) is 6.31. The van der Waals surface area contributed by atoms with Crippen LogP contribution in [0.5, 0.6) is 0 Å². The Bertz CT molecular complexity index is 288. The molecule has 2 aliphatic rings. The predicted octanol–water partition coefficient (Wildman–Crippen LogP) is 1.42. The number of carbonyl (C=O) groups excluding carboxylic acids is 1. The van der Waals surface area contributed by atoms with Crippen molar-refractivity contribution in [3.63, 3.8) is 0 Å². The van der Waals surface area contributed by atoms with Gasteiger partial charge in [-0.25, -0.2) is 0 Å². The van der Waals surface area contributed by atoms with Gasteiger partial charge >= 0.3 is 0 Å². The standard InChI is InChI=1S/C15H28N2O2/c16-9-12-3-1-2-4-14(12)15(19)17-10-11-5-7-13(18)8-6-11/h11-14,18H,1-10,16H2,(H,17,19). The van der Waals surface area contributed by atoms with Crippen LogP contribution in [-0.4, -0.2) is 30.2 Å². The van der Waals surface area contributed by atoms with Gasteiger partial charge < -0.3 is 16.2 Å². The van der Waals surface area contributed by atoms with Gasteiger partial charge in [-0.05, 0) is 56.9 Å². The highest BCUT2D eigenvalue weighted by Gasteiger charge is 2.30. The van der Waals surface area contributed by atoms with E-state index in [1.165, 1.54) is 6.42 Å². The lowest BCUT2D eigenvalue weighted by Gasteiger charge is -2.31. The van der Waals surface area contributed by atoms with Gasteiger partial charge in [0.15, 0.2) is 0 Å². The maximum atomic E-state index is 12.3. The van der Waals surface area contributed by atoms with Crippen molar-refractivity contribution in [3.8, 4) is 0 Å². The molecule has 0 saturated heterocycles. The molecule has 4 heteroatoms. The first-order valence-corrected chi connectivity index (χ1v) is 7.86. The van der Waals surface area contributed by atoms with Crippen molar-refractivity contribution in [2.75, 3.05) is 13.1 Å². The van der Waals surface area contributed by atoms with E-state index in [9.17, 15) is 9.90 Å². The molecule has 0 aromatic carbocycles. The lowest BCUT2D eigenvalue weighted by Crippen LogP contribution is -2.41. The second kappa shape index (κ2) is 7.25. The van der Waals surface area contributed by atoms with E-state index in [4.69, 9.17) is 5.73 Å². The van der Waals surface area contributed by atoms with Gasteiger partial charge in [0.25, 0.3) is 0 Å². The smallest absolute Gasteiger partial charge is 0.223 e. The number of amides is 1. The van der Waals surface area contributed by atoms with Crippen LogP contribution in [0, 0.1) is 17.8 Å². The van der Waals surface area contributed by atoms with Gasteiger partial charge in [-0.3, -0.25) is 4.79 Å². The highest BCUT2D eigenvalue weighted by molar-refractivity contribution is 5.79. The van der Waals surface area contributed by atoms with Gasteiger partial charge in [0.1, 0.15) is 0 Å². The Hall–Kier alpha value is -0.610. The Labute approximate surface area is 116 Å². The van der Waals surface area contributed by atoms with E-state index >= 15 is 0 Å². The third kappa shape index (κ3) is 4.18. The molecule has 4 nitrogen and oxygen atoms in total. The number of nitrogens with two attached hydrogens (primary N) is 1. The third-order valence-electron chi connectivity index (χ3n) is 4.93. The molecule has 2 unspecified atom stereocenters. The predicted molar refractivity (Wildman–Crippen MR) is 75.5 cm³/mol. The van der Waals surface area contributed by atoms with E-state index in [0.29, 0.717) is 18.4 Å². The molecule has 19 heavy (non-hydrogen) atoms. The minimum atomic E-state index is -0.119. The van der Waals surface area contributed by atoms with Crippen LogP contribution in [0.3, 0.4) is 0 Å². The Morgan fingerprint density at radius 3 is 2.47 bits per heavy atom. The molecule has 0 aliphatic heterocycles. The summed E-state index contributed by atoms with van der Waals surface area (Å²) in [6.07, 6.45) is 8.19. The largest absolute Gasteiger partial charge is 0.393 e. The highest BCUT2D eigenvalue weighted by atomic mass is 16.3. The highest BCUT2D eigenvalue weighted by Crippen LogP contribution is 2.30. The van der Waals surface area contributed by atoms with Gasteiger partial charge in [-0.2, -0.15) is 0 Å². The molecule has 2 saturated carbocycles. The van der Waals surface area contributed by atoms with Gasteiger partial charge in [-0.1, -0.05) is 12.8 Å².